The Balaban J connectivity index is 0.00000264. The minimum absolute atomic E-state index is 0. The number of piperidine rings is 1. The van der Waals surface area contributed by atoms with E-state index in [1.165, 1.54) is 12.8 Å². The Kier molecular flexibility index (Phi) is 9.67. The number of nitrogens with one attached hydrogen (secondary N) is 2. The maximum absolute atomic E-state index is 12.0. The van der Waals surface area contributed by atoms with Crippen LogP contribution < -0.4 is 15.4 Å². The Hall–Kier alpha value is -1.30. The number of hydrogen-bond donors (Lipinski definition) is 3. The van der Waals surface area contributed by atoms with E-state index >= 15 is 0 Å². The quantitative estimate of drug-likeness (QED) is 0.674. The lowest BCUT2D eigenvalue weighted by Crippen LogP contribution is -2.29. The number of benzene rings is 1. The van der Waals surface area contributed by atoms with E-state index in [-0.39, 0.29) is 31.5 Å². The predicted octanol–water partition coefficient (Wildman–Crippen LogP) is 1.88. The number of rotatable bonds is 8. The summed E-state index contributed by atoms with van der Waals surface area (Å²) in [6.45, 7) is 2.86. The number of aliphatic hydroxyl groups is 1. The van der Waals surface area contributed by atoms with Crippen molar-refractivity contribution in [1.29, 1.82) is 0 Å². The molecule has 5 nitrogen and oxygen atoms in total. The first-order valence-corrected chi connectivity index (χ1v) is 8.08. The van der Waals surface area contributed by atoms with Gasteiger partial charge in [-0.3, -0.25) is 4.79 Å². The average molecular weight is 343 g/mol. The van der Waals surface area contributed by atoms with Crippen molar-refractivity contribution in [1.82, 2.24) is 10.6 Å². The second-order valence-corrected chi connectivity index (χ2v) is 5.69. The van der Waals surface area contributed by atoms with Crippen molar-refractivity contribution in [3.05, 3.63) is 29.8 Å². The van der Waals surface area contributed by atoms with Gasteiger partial charge in [0.15, 0.2) is 0 Å². The molecule has 0 spiro atoms. The fraction of sp³-hybridized carbons (Fsp3) is 0.588. The summed E-state index contributed by atoms with van der Waals surface area (Å²) in [5.41, 5.74) is 0.936. The highest BCUT2D eigenvalue weighted by molar-refractivity contribution is 5.85. The van der Waals surface area contributed by atoms with Crippen molar-refractivity contribution in [3.63, 3.8) is 0 Å². The van der Waals surface area contributed by atoms with Gasteiger partial charge in [-0.1, -0.05) is 18.2 Å². The van der Waals surface area contributed by atoms with Gasteiger partial charge in [-0.15, -0.1) is 12.4 Å². The average Bonchev–Trinajstić information content (AvgIpc) is 2.58. The molecule has 0 radical (unpaired) electrons. The second kappa shape index (κ2) is 11.3. The Morgan fingerprint density at radius 2 is 2.04 bits per heavy atom. The van der Waals surface area contributed by atoms with Gasteiger partial charge in [0.25, 0.3) is 0 Å². The molecule has 1 fully saturated rings. The first-order chi connectivity index (χ1) is 10.8. The van der Waals surface area contributed by atoms with E-state index in [2.05, 4.69) is 10.6 Å². The molecule has 0 aliphatic carbocycles. The Bertz CT molecular complexity index is 465. The summed E-state index contributed by atoms with van der Waals surface area (Å²) in [6.07, 6.45) is 3.90. The molecule has 1 aliphatic rings. The summed E-state index contributed by atoms with van der Waals surface area (Å²) in [5, 5.41) is 15.1. The molecule has 23 heavy (non-hydrogen) atoms. The predicted molar refractivity (Wildman–Crippen MR) is 92.9 cm³/mol. The SMILES string of the molecule is Cl.O=C(CCC1CCNCC1)NCc1ccccc1OCCO. The molecule has 3 N–H and O–H groups in total. The van der Waals surface area contributed by atoms with Crippen LogP contribution in [0.25, 0.3) is 0 Å². The van der Waals surface area contributed by atoms with Gasteiger partial charge in [-0.2, -0.15) is 0 Å². The van der Waals surface area contributed by atoms with Crippen LogP contribution in [0.3, 0.4) is 0 Å². The topological polar surface area (TPSA) is 70.6 Å². The van der Waals surface area contributed by atoms with E-state index in [0.717, 1.165) is 30.8 Å². The molecule has 1 heterocycles. The smallest absolute Gasteiger partial charge is 0.220 e. The van der Waals surface area contributed by atoms with Gasteiger partial charge >= 0.3 is 0 Å². The molecule has 0 unspecified atom stereocenters. The molecule has 0 saturated carbocycles. The normalized spacial score (nSPS) is 14.8. The first kappa shape index (κ1) is 19.7. The second-order valence-electron chi connectivity index (χ2n) is 5.69. The van der Waals surface area contributed by atoms with Crippen molar-refractivity contribution in [2.45, 2.75) is 32.2 Å². The van der Waals surface area contributed by atoms with Crippen LogP contribution in [0.4, 0.5) is 0 Å². The third kappa shape index (κ3) is 7.20. The summed E-state index contributed by atoms with van der Waals surface area (Å²) in [6, 6.07) is 7.59. The van der Waals surface area contributed by atoms with Crippen molar-refractivity contribution in [2.75, 3.05) is 26.3 Å². The van der Waals surface area contributed by atoms with Crippen LogP contribution in [0.1, 0.15) is 31.2 Å². The van der Waals surface area contributed by atoms with Crippen LogP contribution >= 0.6 is 12.4 Å². The van der Waals surface area contributed by atoms with Crippen molar-refractivity contribution in [3.8, 4) is 5.75 Å². The number of para-hydroxylation sites is 1. The Labute approximate surface area is 144 Å². The lowest BCUT2D eigenvalue weighted by Gasteiger charge is -2.22. The van der Waals surface area contributed by atoms with Crippen LogP contribution in [0, 0.1) is 5.92 Å². The van der Waals surface area contributed by atoms with Gasteiger partial charge in [-0.25, -0.2) is 0 Å². The number of halogens is 1. The van der Waals surface area contributed by atoms with Crippen molar-refractivity contribution in [2.24, 2.45) is 5.92 Å². The zero-order chi connectivity index (χ0) is 15.6. The molecule has 2 rings (SSSR count). The van der Waals surface area contributed by atoms with Crippen LogP contribution in [0.5, 0.6) is 5.75 Å². The highest BCUT2D eigenvalue weighted by atomic mass is 35.5. The first-order valence-electron chi connectivity index (χ1n) is 8.08. The molecule has 1 aromatic carbocycles. The highest BCUT2D eigenvalue weighted by Crippen LogP contribution is 2.19. The zero-order valence-corrected chi connectivity index (χ0v) is 14.2. The van der Waals surface area contributed by atoms with E-state index in [1.807, 2.05) is 24.3 Å². The molecule has 1 aromatic rings. The summed E-state index contributed by atoms with van der Waals surface area (Å²) < 4.78 is 5.47. The zero-order valence-electron chi connectivity index (χ0n) is 13.4. The lowest BCUT2D eigenvalue weighted by atomic mass is 9.93. The monoisotopic (exact) mass is 342 g/mol. The summed E-state index contributed by atoms with van der Waals surface area (Å²) in [7, 11) is 0. The highest BCUT2D eigenvalue weighted by Gasteiger charge is 2.14. The number of hydrogen-bond acceptors (Lipinski definition) is 4. The number of aliphatic hydroxyl groups excluding tert-OH is 1. The van der Waals surface area contributed by atoms with E-state index < -0.39 is 0 Å². The number of amides is 1. The van der Waals surface area contributed by atoms with Gasteiger partial charge in [0.1, 0.15) is 12.4 Å². The molecular weight excluding hydrogens is 316 g/mol. The van der Waals surface area contributed by atoms with Gasteiger partial charge < -0.3 is 20.5 Å². The molecule has 1 aliphatic heterocycles. The van der Waals surface area contributed by atoms with E-state index in [0.29, 0.717) is 18.9 Å². The molecular formula is C17H27ClN2O3. The fourth-order valence-electron chi connectivity index (χ4n) is 2.73. The van der Waals surface area contributed by atoms with Crippen LogP contribution in [0.2, 0.25) is 0 Å². The van der Waals surface area contributed by atoms with Crippen molar-refractivity contribution < 1.29 is 14.6 Å². The fourth-order valence-corrected chi connectivity index (χ4v) is 2.73. The molecule has 1 amide bonds. The third-order valence-corrected chi connectivity index (χ3v) is 4.04. The maximum atomic E-state index is 12.0. The molecule has 1 saturated heterocycles. The Morgan fingerprint density at radius 3 is 2.78 bits per heavy atom. The minimum atomic E-state index is -0.0169. The lowest BCUT2D eigenvalue weighted by molar-refractivity contribution is -0.121. The minimum Gasteiger partial charge on any atom is -0.491 e. The number of carbonyl (C=O) groups is 1. The van der Waals surface area contributed by atoms with Gasteiger partial charge in [0.05, 0.1) is 6.61 Å². The maximum Gasteiger partial charge on any atom is 0.220 e. The summed E-state index contributed by atoms with van der Waals surface area (Å²) in [5.74, 6) is 1.48. The summed E-state index contributed by atoms with van der Waals surface area (Å²) in [4.78, 5) is 12.0. The molecule has 0 bridgehead atoms. The summed E-state index contributed by atoms with van der Waals surface area (Å²) >= 11 is 0. The number of carbonyl (C=O) groups excluding carboxylic acids is 1. The molecule has 130 valence electrons. The van der Waals surface area contributed by atoms with Gasteiger partial charge in [0, 0.05) is 18.5 Å². The number of ether oxygens (including phenoxy) is 1. The third-order valence-electron chi connectivity index (χ3n) is 4.04. The molecule has 6 heteroatoms. The largest absolute Gasteiger partial charge is 0.491 e. The van der Waals surface area contributed by atoms with Crippen LogP contribution in [-0.2, 0) is 11.3 Å². The molecule has 0 aromatic heterocycles. The molecule has 0 atom stereocenters. The van der Waals surface area contributed by atoms with E-state index in [4.69, 9.17) is 9.84 Å². The van der Waals surface area contributed by atoms with Crippen LogP contribution in [-0.4, -0.2) is 37.3 Å². The van der Waals surface area contributed by atoms with Crippen LogP contribution in [0.15, 0.2) is 24.3 Å². The Morgan fingerprint density at radius 1 is 1.30 bits per heavy atom. The standard InChI is InChI=1S/C17H26N2O3.ClH/c20-11-12-22-16-4-2-1-3-15(16)13-19-17(21)6-5-14-7-9-18-10-8-14;/h1-4,14,18,20H,5-13H2,(H,19,21);1H. The van der Waals surface area contributed by atoms with Gasteiger partial charge in [0.2, 0.25) is 5.91 Å². The van der Waals surface area contributed by atoms with Crippen molar-refractivity contribution >= 4 is 18.3 Å². The van der Waals surface area contributed by atoms with E-state index in [1.54, 1.807) is 0 Å². The van der Waals surface area contributed by atoms with E-state index in [9.17, 15) is 4.79 Å². The van der Waals surface area contributed by atoms with Gasteiger partial charge in [-0.05, 0) is 44.3 Å².